The molecule has 0 aromatic heterocycles. The van der Waals surface area contributed by atoms with Crippen LogP contribution < -0.4 is 4.90 Å². The van der Waals surface area contributed by atoms with E-state index in [9.17, 15) is 9.59 Å². The smallest absolute Gasteiger partial charge is 0.238 e. The number of carbonyl (C=O) groups excluding carboxylic acids is 2. The molecule has 3 nitrogen and oxygen atoms in total. The quantitative estimate of drug-likeness (QED) is 0.579. The van der Waals surface area contributed by atoms with Gasteiger partial charge in [-0.25, -0.2) is 4.90 Å². The molecule has 2 bridgehead atoms. The first-order valence-electron chi connectivity index (χ1n) is 7.21. The highest BCUT2D eigenvalue weighted by Crippen LogP contribution is 2.53. The lowest BCUT2D eigenvalue weighted by Gasteiger charge is -2.19. The van der Waals surface area contributed by atoms with E-state index in [1.807, 2.05) is 32.0 Å². The van der Waals surface area contributed by atoms with Crippen LogP contribution in [-0.4, -0.2) is 11.8 Å². The summed E-state index contributed by atoms with van der Waals surface area (Å²) in [5.41, 5.74) is 2.90. The Hall–Kier alpha value is -1.90. The average molecular weight is 267 g/mol. The first-order chi connectivity index (χ1) is 9.58. The molecule has 2 amide bonds. The minimum Gasteiger partial charge on any atom is -0.274 e. The third kappa shape index (κ3) is 1.35. The van der Waals surface area contributed by atoms with Gasteiger partial charge in [0.2, 0.25) is 11.8 Å². The third-order valence-electron chi connectivity index (χ3n) is 5.06. The van der Waals surface area contributed by atoms with Gasteiger partial charge in [0.05, 0.1) is 17.5 Å². The van der Waals surface area contributed by atoms with Gasteiger partial charge in [-0.3, -0.25) is 9.59 Å². The minimum atomic E-state index is -0.113. The van der Waals surface area contributed by atoms with Crippen LogP contribution in [-0.2, 0) is 9.59 Å². The van der Waals surface area contributed by atoms with E-state index in [0.717, 1.165) is 23.2 Å². The van der Waals surface area contributed by atoms with Gasteiger partial charge in [0.15, 0.2) is 0 Å². The second-order valence-corrected chi connectivity index (χ2v) is 6.30. The van der Waals surface area contributed by atoms with Crippen molar-refractivity contribution in [2.75, 3.05) is 4.90 Å². The van der Waals surface area contributed by atoms with Crippen LogP contribution in [0, 0.1) is 37.5 Å². The Morgan fingerprint density at radius 2 is 1.60 bits per heavy atom. The molecule has 3 aliphatic rings. The SMILES string of the molecule is Cc1ccc(N2C(=O)C3C4C=CC(C4)C3C2=O)c(C)c1. The van der Waals surface area contributed by atoms with E-state index in [0.29, 0.717) is 0 Å². The zero-order chi connectivity index (χ0) is 14.0. The number of rotatable bonds is 1. The number of hydrogen-bond acceptors (Lipinski definition) is 2. The summed E-state index contributed by atoms with van der Waals surface area (Å²) in [6, 6.07) is 5.89. The topological polar surface area (TPSA) is 37.4 Å². The molecular formula is C17H17NO2. The van der Waals surface area contributed by atoms with E-state index < -0.39 is 0 Å². The van der Waals surface area contributed by atoms with E-state index in [1.54, 1.807) is 0 Å². The molecule has 1 saturated carbocycles. The van der Waals surface area contributed by atoms with Crippen molar-refractivity contribution in [3.63, 3.8) is 0 Å². The summed E-state index contributed by atoms with van der Waals surface area (Å²) in [6.45, 7) is 3.98. The van der Waals surface area contributed by atoms with Crippen molar-refractivity contribution in [2.24, 2.45) is 23.7 Å². The molecule has 0 N–H and O–H groups in total. The first-order valence-corrected chi connectivity index (χ1v) is 7.21. The molecule has 2 fully saturated rings. The largest absolute Gasteiger partial charge is 0.274 e. The number of fused-ring (bicyclic) bond motifs is 5. The molecule has 3 heteroatoms. The highest BCUT2D eigenvalue weighted by atomic mass is 16.2. The Bertz CT molecular complexity index is 631. The zero-order valence-electron chi connectivity index (χ0n) is 11.7. The van der Waals surface area contributed by atoms with E-state index in [-0.39, 0.29) is 35.5 Å². The fourth-order valence-electron chi connectivity index (χ4n) is 4.20. The molecule has 4 rings (SSSR count). The summed E-state index contributed by atoms with van der Waals surface area (Å²) >= 11 is 0. The Morgan fingerprint density at radius 3 is 2.15 bits per heavy atom. The lowest BCUT2D eigenvalue weighted by molar-refractivity contribution is -0.123. The lowest BCUT2D eigenvalue weighted by Crippen LogP contribution is -2.33. The fraction of sp³-hybridized carbons (Fsp3) is 0.412. The number of imide groups is 1. The van der Waals surface area contributed by atoms with Crippen molar-refractivity contribution in [3.8, 4) is 0 Å². The predicted molar refractivity (Wildman–Crippen MR) is 76.1 cm³/mol. The van der Waals surface area contributed by atoms with Crippen LogP contribution in [0.15, 0.2) is 30.4 Å². The molecular weight excluding hydrogens is 250 g/mol. The van der Waals surface area contributed by atoms with Crippen LogP contribution in [0.4, 0.5) is 5.69 Å². The predicted octanol–water partition coefficient (Wildman–Crippen LogP) is 2.61. The molecule has 20 heavy (non-hydrogen) atoms. The van der Waals surface area contributed by atoms with E-state index in [1.165, 1.54) is 4.90 Å². The van der Waals surface area contributed by atoms with Crippen LogP contribution in [0.1, 0.15) is 17.5 Å². The van der Waals surface area contributed by atoms with E-state index in [2.05, 4.69) is 12.2 Å². The van der Waals surface area contributed by atoms with Gasteiger partial charge in [0.25, 0.3) is 0 Å². The number of benzene rings is 1. The van der Waals surface area contributed by atoms with Crippen molar-refractivity contribution < 1.29 is 9.59 Å². The van der Waals surface area contributed by atoms with Gasteiger partial charge in [-0.1, -0.05) is 29.8 Å². The average Bonchev–Trinajstić information content (AvgIpc) is 3.06. The highest BCUT2D eigenvalue weighted by molar-refractivity contribution is 6.23. The van der Waals surface area contributed by atoms with Crippen LogP contribution in [0.2, 0.25) is 0 Å². The fourth-order valence-corrected chi connectivity index (χ4v) is 4.20. The number of nitrogens with zero attached hydrogens (tertiary/aromatic N) is 1. The second kappa shape index (κ2) is 3.81. The molecule has 1 heterocycles. The number of hydrogen-bond donors (Lipinski definition) is 0. The second-order valence-electron chi connectivity index (χ2n) is 6.30. The zero-order valence-corrected chi connectivity index (χ0v) is 11.7. The molecule has 1 aliphatic heterocycles. The summed E-state index contributed by atoms with van der Waals surface area (Å²) in [4.78, 5) is 26.8. The third-order valence-corrected chi connectivity index (χ3v) is 5.06. The Morgan fingerprint density at radius 1 is 1.00 bits per heavy atom. The maximum Gasteiger partial charge on any atom is 0.238 e. The number of aryl methyl sites for hydroxylation is 2. The highest BCUT2D eigenvalue weighted by Gasteiger charge is 2.59. The maximum absolute atomic E-state index is 12.7. The van der Waals surface area contributed by atoms with Crippen LogP contribution in [0.25, 0.3) is 0 Å². The van der Waals surface area contributed by atoms with Gasteiger partial charge in [0.1, 0.15) is 0 Å². The number of allylic oxidation sites excluding steroid dienone is 2. The van der Waals surface area contributed by atoms with Gasteiger partial charge >= 0.3 is 0 Å². The summed E-state index contributed by atoms with van der Waals surface area (Å²) in [6.07, 6.45) is 5.23. The maximum atomic E-state index is 12.7. The van der Waals surface area contributed by atoms with Gasteiger partial charge in [-0.2, -0.15) is 0 Å². The van der Waals surface area contributed by atoms with Gasteiger partial charge in [-0.05, 0) is 43.7 Å². The molecule has 1 saturated heterocycles. The standard InChI is InChI=1S/C17H17NO2/c1-9-3-6-13(10(2)7-9)18-16(19)14-11-4-5-12(8-11)15(14)17(18)20/h3-7,11-12,14-15H,8H2,1-2H3. The Balaban J connectivity index is 1.78. The molecule has 1 aromatic carbocycles. The molecule has 102 valence electrons. The van der Waals surface area contributed by atoms with Crippen molar-refractivity contribution in [3.05, 3.63) is 41.5 Å². The van der Waals surface area contributed by atoms with Gasteiger partial charge < -0.3 is 0 Å². The number of amides is 2. The Labute approximate surface area is 118 Å². The van der Waals surface area contributed by atoms with E-state index in [4.69, 9.17) is 0 Å². The van der Waals surface area contributed by atoms with Crippen molar-refractivity contribution in [1.82, 2.24) is 0 Å². The summed E-state index contributed by atoms with van der Waals surface area (Å²) < 4.78 is 0. The molecule has 4 unspecified atom stereocenters. The van der Waals surface area contributed by atoms with Gasteiger partial charge in [0, 0.05) is 0 Å². The summed E-state index contributed by atoms with van der Waals surface area (Å²) in [5.74, 6) is 0.332. The number of anilines is 1. The van der Waals surface area contributed by atoms with Crippen LogP contribution >= 0.6 is 0 Å². The first kappa shape index (κ1) is 11.9. The minimum absolute atomic E-state index is 0.00352. The monoisotopic (exact) mass is 267 g/mol. The molecule has 2 aliphatic carbocycles. The van der Waals surface area contributed by atoms with Crippen molar-refractivity contribution in [2.45, 2.75) is 20.3 Å². The van der Waals surface area contributed by atoms with Crippen molar-refractivity contribution in [1.29, 1.82) is 0 Å². The Kier molecular flexibility index (Phi) is 2.27. The number of carbonyl (C=O) groups is 2. The normalized spacial score (nSPS) is 34.2. The lowest BCUT2D eigenvalue weighted by atomic mass is 9.85. The summed E-state index contributed by atoms with van der Waals surface area (Å²) in [5, 5.41) is 0. The van der Waals surface area contributed by atoms with Crippen LogP contribution in [0.5, 0.6) is 0 Å². The van der Waals surface area contributed by atoms with Gasteiger partial charge in [-0.15, -0.1) is 0 Å². The van der Waals surface area contributed by atoms with E-state index >= 15 is 0 Å². The summed E-state index contributed by atoms with van der Waals surface area (Å²) in [7, 11) is 0. The molecule has 1 aromatic rings. The van der Waals surface area contributed by atoms with Crippen molar-refractivity contribution >= 4 is 17.5 Å². The molecule has 4 atom stereocenters. The molecule has 0 spiro atoms. The van der Waals surface area contributed by atoms with Crippen LogP contribution in [0.3, 0.4) is 0 Å². The molecule has 0 radical (unpaired) electrons.